The molecule has 0 aromatic rings. The van der Waals surface area contributed by atoms with E-state index in [0.29, 0.717) is 12.1 Å². The van der Waals surface area contributed by atoms with E-state index < -0.39 is 0 Å². The van der Waals surface area contributed by atoms with E-state index in [4.69, 9.17) is 10.5 Å². The maximum absolute atomic E-state index is 10.9. The van der Waals surface area contributed by atoms with Crippen LogP contribution in [0.2, 0.25) is 0 Å². The molecule has 0 spiro atoms. The van der Waals surface area contributed by atoms with E-state index in [1.54, 1.807) is 0 Å². The largest absolute Gasteiger partial charge is 0.461 e. The summed E-state index contributed by atoms with van der Waals surface area (Å²) in [6, 6.07) is 1.13. The first-order valence-corrected chi connectivity index (χ1v) is 5.22. The van der Waals surface area contributed by atoms with Crippen molar-refractivity contribution in [2.75, 3.05) is 7.05 Å². The third kappa shape index (κ3) is 1.64. The minimum atomic E-state index is -0.176. The van der Waals surface area contributed by atoms with E-state index in [1.807, 2.05) is 0 Å². The van der Waals surface area contributed by atoms with Gasteiger partial charge in [-0.2, -0.15) is 0 Å². The van der Waals surface area contributed by atoms with Crippen LogP contribution < -0.4 is 5.73 Å². The topological polar surface area (TPSA) is 55.6 Å². The van der Waals surface area contributed by atoms with Gasteiger partial charge in [0.1, 0.15) is 6.10 Å². The Bertz CT molecular complexity index is 244. The fourth-order valence-electron chi connectivity index (χ4n) is 2.80. The number of hydrogen-bond acceptors (Lipinski definition) is 4. The van der Waals surface area contributed by atoms with Gasteiger partial charge in [-0.05, 0) is 19.9 Å². The normalized spacial score (nSPS) is 42.5. The molecule has 2 heterocycles. The highest BCUT2D eigenvalue weighted by atomic mass is 16.5. The number of fused-ring (bicyclic) bond motifs is 2. The molecule has 4 nitrogen and oxygen atoms in total. The molecule has 0 aromatic heterocycles. The van der Waals surface area contributed by atoms with E-state index in [9.17, 15) is 4.79 Å². The Hall–Kier alpha value is -0.610. The van der Waals surface area contributed by atoms with Crippen molar-refractivity contribution in [2.45, 2.75) is 50.4 Å². The summed E-state index contributed by atoms with van der Waals surface area (Å²) in [4.78, 5) is 13.2. The average Bonchev–Trinajstić information content (AvgIpc) is 2.30. The van der Waals surface area contributed by atoms with Gasteiger partial charge in [-0.3, -0.25) is 9.69 Å². The van der Waals surface area contributed by atoms with E-state index in [-0.39, 0.29) is 18.1 Å². The Morgan fingerprint density at radius 2 is 2.14 bits per heavy atom. The Kier molecular flexibility index (Phi) is 2.49. The van der Waals surface area contributed by atoms with Gasteiger partial charge in [0, 0.05) is 31.5 Å². The molecule has 2 fully saturated rings. The van der Waals surface area contributed by atoms with Crippen LogP contribution in [0.5, 0.6) is 0 Å². The summed E-state index contributed by atoms with van der Waals surface area (Å²) in [5, 5.41) is 0. The molecule has 0 unspecified atom stereocenters. The van der Waals surface area contributed by atoms with Crippen LogP contribution in [0.15, 0.2) is 0 Å². The third-order valence-corrected chi connectivity index (χ3v) is 3.47. The fourth-order valence-corrected chi connectivity index (χ4v) is 2.80. The lowest BCUT2D eigenvalue weighted by atomic mass is 9.99. The van der Waals surface area contributed by atoms with Gasteiger partial charge < -0.3 is 10.5 Å². The SMILES string of the molecule is CC(=O)O[C@@H]1C[C@@H]2C[C@H](N)C[C@H]1N2C. The summed E-state index contributed by atoms with van der Waals surface area (Å²) in [5.74, 6) is -0.176. The van der Waals surface area contributed by atoms with Crippen molar-refractivity contribution in [3.8, 4) is 0 Å². The fraction of sp³-hybridized carbons (Fsp3) is 0.900. The number of piperidine rings is 1. The van der Waals surface area contributed by atoms with Gasteiger partial charge in [-0.25, -0.2) is 0 Å². The zero-order valence-electron chi connectivity index (χ0n) is 8.77. The average molecular weight is 198 g/mol. The molecule has 2 bridgehead atoms. The zero-order chi connectivity index (χ0) is 10.3. The van der Waals surface area contributed by atoms with Crippen LogP contribution in [0.1, 0.15) is 26.2 Å². The highest BCUT2D eigenvalue weighted by molar-refractivity contribution is 5.66. The Morgan fingerprint density at radius 1 is 1.43 bits per heavy atom. The number of nitrogens with zero attached hydrogens (tertiary/aromatic N) is 1. The van der Waals surface area contributed by atoms with Gasteiger partial charge in [0.05, 0.1) is 0 Å². The third-order valence-electron chi connectivity index (χ3n) is 3.47. The zero-order valence-corrected chi connectivity index (χ0v) is 8.77. The number of carbonyl (C=O) groups excluding carboxylic acids is 1. The van der Waals surface area contributed by atoms with Crippen LogP contribution in [0, 0.1) is 0 Å². The number of rotatable bonds is 1. The predicted molar refractivity (Wildman–Crippen MR) is 52.7 cm³/mol. The summed E-state index contributed by atoms with van der Waals surface area (Å²) >= 11 is 0. The maximum atomic E-state index is 10.9. The monoisotopic (exact) mass is 198 g/mol. The first-order chi connectivity index (χ1) is 6.58. The van der Waals surface area contributed by atoms with Gasteiger partial charge in [0.2, 0.25) is 0 Å². The molecule has 0 radical (unpaired) electrons. The van der Waals surface area contributed by atoms with E-state index >= 15 is 0 Å². The second kappa shape index (κ2) is 3.51. The summed E-state index contributed by atoms with van der Waals surface area (Å²) in [5.41, 5.74) is 5.94. The summed E-state index contributed by atoms with van der Waals surface area (Å²) in [6.07, 6.45) is 3.00. The van der Waals surface area contributed by atoms with E-state index in [0.717, 1.165) is 19.3 Å². The van der Waals surface area contributed by atoms with Crippen LogP contribution in [-0.4, -0.2) is 42.1 Å². The summed E-state index contributed by atoms with van der Waals surface area (Å²) in [7, 11) is 2.10. The molecule has 2 N–H and O–H groups in total. The molecular formula is C10H18N2O2. The highest BCUT2D eigenvalue weighted by Crippen LogP contribution is 2.35. The molecular weight excluding hydrogens is 180 g/mol. The Labute approximate surface area is 84.4 Å². The number of hydrogen-bond donors (Lipinski definition) is 1. The number of esters is 1. The van der Waals surface area contributed by atoms with Gasteiger partial charge in [0.25, 0.3) is 0 Å². The first kappa shape index (κ1) is 9.93. The second-order valence-electron chi connectivity index (χ2n) is 4.50. The molecule has 0 saturated carbocycles. The van der Waals surface area contributed by atoms with Gasteiger partial charge >= 0.3 is 5.97 Å². The molecule has 4 heteroatoms. The minimum Gasteiger partial charge on any atom is -0.461 e. The summed E-state index contributed by atoms with van der Waals surface area (Å²) < 4.78 is 5.31. The minimum absolute atomic E-state index is 0.0658. The molecule has 0 aromatic carbocycles. The smallest absolute Gasteiger partial charge is 0.302 e. The van der Waals surface area contributed by atoms with Crippen molar-refractivity contribution in [1.82, 2.24) is 4.90 Å². The van der Waals surface area contributed by atoms with E-state index in [1.165, 1.54) is 6.92 Å². The van der Waals surface area contributed by atoms with Crippen LogP contribution in [0.4, 0.5) is 0 Å². The number of nitrogens with two attached hydrogens (primary N) is 1. The van der Waals surface area contributed by atoms with Gasteiger partial charge in [-0.15, -0.1) is 0 Å². The predicted octanol–water partition coefficient (Wildman–Crippen LogP) is 0.112. The molecule has 14 heavy (non-hydrogen) atoms. The summed E-state index contributed by atoms with van der Waals surface area (Å²) in [6.45, 7) is 1.47. The highest BCUT2D eigenvalue weighted by Gasteiger charge is 2.45. The molecule has 0 aliphatic carbocycles. The lowest BCUT2D eigenvalue weighted by molar-refractivity contribution is -0.147. The number of carbonyl (C=O) groups is 1. The van der Waals surface area contributed by atoms with Crippen molar-refractivity contribution in [1.29, 1.82) is 0 Å². The molecule has 4 atom stereocenters. The Morgan fingerprint density at radius 3 is 2.79 bits per heavy atom. The van der Waals surface area contributed by atoms with Crippen molar-refractivity contribution in [3.63, 3.8) is 0 Å². The number of likely N-dealkylation sites (N-methyl/N-ethyl adjacent to an activating group) is 1. The van der Waals surface area contributed by atoms with Crippen LogP contribution in [-0.2, 0) is 9.53 Å². The Balaban J connectivity index is 2.05. The lowest BCUT2D eigenvalue weighted by Crippen LogP contribution is -2.47. The standard InChI is InChI=1S/C10H18N2O2/c1-6(13)14-10-5-8-3-7(11)4-9(10)12(8)2/h7-10H,3-5,11H2,1-2H3/t7-,8-,9+,10+/m0/s1. The van der Waals surface area contributed by atoms with Gasteiger partial charge in [0.15, 0.2) is 0 Å². The van der Waals surface area contributed by atoms with Crippen molar-refractivity contribution in [2.24, 2.45) is 5.73 Å². The molecule has 0 amide bonds. The van der Waals surface area contributed by atoms with Crippen molar-refractivity contribution in [3.05, 3.63) is 0 Å². The first-order valence-electron chi connectivity index (χ1n) is 5.22. The quantitative estimate of drug-likeness (QED) is 0.608. The maximum Gasteiger partial charge on any atom is 0.302 e. The van der Waals surface area contributed by atoms with Crippen molar-refractivity contribution >= 4 is 5.97 Å². The van der Waals surface area contributed by atoms with Gasteiger partial charge in [-0.1, -0.05) is 0 Å². The van der Waals surface area contributed by atoms with E-state index in [2.05, 4.69) is 11.9 Å². The lowest BCUT2D eigenvalue weighted by Gasteiger charge is -2.35. The molecule has 80 valence electrons. The molecule has 2 rings (SSSR count). The molecule has 2 aliphatic heterocycles. The number of ether oxygens (including phenoxy) is 1. The molecule has 2 aliphatic rings. The molecule has 2 saturated heterocycles. The van der Waals surface area contributed by atoms with Crippen molar-refractivity contribution < 1.29 is 9.53 Å². The van der Waals surface area contributed by atoms with Crippen LogP contribution in [0.25, 0.3) is 0 Å². The van der Waals surface area contributed by atoms with Crippen LogP contribution in [0.3, 0.4) is 0 Å². The van der Waals surface area contributed by atoms with Crippen LogP contribution >= 0.6 is 0 Å². The second-order valence-corrected chi connectivity index (χ2v) is 4.50.